The molecule has 3 aliphatic rings. The van der Waals surface area contributed by atoms with Crippen LogP contribution in [0.1, 0.15) is 12.5 Å². The fourth-order valence-electron chi connectivity index (χ4n) is 4.64. The van der Waals surface area contributed by atoms with Crippen LogP contribution in [0.3, 0.4) is 0 Å². The lowest BCUT2D eigenvalue weighted by Gasteiger charge is -2.61. The standard InChI is InChI=1S/C24H24BrN3O8S/c1-22(25)14-37-21-19(26-18(29)12-34-17-6-4-3-5-7-17)20(30)27(21)23(22)13-35-24(33-2,36-23)15-8-10-16(11-9-15)28(31)32/h3-11,19,21H,12-14H2,1-2H3,(H,26,29)/t19?,21-,22+,23?,24+/m1/s1. The first-order chi connectivity index (χ1) is 17.6. The van der Waals surface area contributed by atoms with E-state index in [1.807, 2.05) is 13.0 Å². The number of rotatable bonds is 7. The number of thioether (sulfide) groups is 1. The summed E-state index contributed by atoms with van der Waals surface area (Å²) in [5, 5.41) is 13.4. The molecule has 196 valence electrons. The zero-order valence-electron chi connectivity index (χ0n) is 19.9. The first-order valence-corrected chi connectivity index (χ1v) is 13.2. The molecular formula is C24H24BrN3O8S. The molecule has 13 heteroatoms. The van der Waals surface area contributed by atoms with E-state index in [1.54, 1.807) is 29.2 Å². The van der Waals surface area contributed by atoms with Crippen LogP contribution in [0.2, 0.25) is 0 Å². The highest BCUT2D eigenvalue weighted by Crippen LogP contribution is 2.57. The minimum Gasteiger partial charge on any atom is -0.484 e. The van der Waals surface area contributed by atoms with Crippen molar-refractivity contribution in [3.63, 3.8) is 0 Å². The Morgan fingerprint density at radius 2 is 1.97 bits per heavy atom. The van der Waals surface area contributed by atoms with Crippen molar-refractivity contribution in [3.8, 4) is 5.75 Å². The van der Waals surface area contributed by atoms with Gasteiger partial charge in [0.15, 0.2) is 12.3 Å². The van der Waals surface area contributed by atoms with Crippen molar-refractivity contribution in [2.75, 3.05) is 26.1 Å². The average molecular weight is 594 g/mol. The number of ether oxygens (including phenoxy) is 4. The molecule has 0 aromatic heterocycles. The summed E-state index contributed by atoms with van der Waals surface area (Å²) in [6, 6.07) is 13.8. The van der Waals surface area contributed by atoms with Crippen molar-refractivity contribution in [1.82, 2.24) is 10.2 Å². The van der Waals surface area contributed by atoms with E-state index in [9.17, 15) is 19.7 Å². The molecule has 2 unspecified atom stereocenters. The number of non-ortho nitro benzene ring substituents is 1. The van der Waals surface area contributed by atoms with Crippen LogP contribution in [-0.2, 0) is 29.8 Å². The maximum atomic E-state index is 13.4. The van der Waals surface area contributed by atoms with Crippen molar-refractivity contribution in [3.05, 3.63) is 70.3 Å². The van der Waals surface area contributed by atoms with Crippen LogP contribution in [-0.4, -0.2) is 69.2 Å². The summed E-state index contributed by atoms with van der Waals surface area (Å²) < 4.78 is 22.9. The number of carbonyl (C=O) groups is 2. The maximum Gasteiger partial charge on any atom is 0.314 e. The Morgan fingerprint density at radius 3 is 2.62 bits per heavy atom. The molecule has 3 fully saturated rings. The van der Waals surface area contributed by atoms with Crippen molar-refractivity contribution < 1.29 is 33.5 Å². The summed E-state index contributed by atoms with van der Waals surface area (Å²) >= 11 is 5.25. The Labute approximate surface area is 225 Å². The summed E-state index contributed by atoms with van der Waals surface area (Å²) in [6.45, 7) is 1.65. The van der Waals surface area contributed by atoms with Crippen LogP contribution in [0.4, 0.5) is 5.69 Å². The number of amides is 2. The van der Waals surface area contributed by atoms with Crippen molar-refractivity contribution in [2.45, 2.75) is 34.4 Å². The van der Waals surface area contributed by atoms with E-state index >= 15 is 0 Å². The molecule has 2 amide bonds. The van der Waals surface area contributed by atoms with Gasteiger partial charge in [-0.1, -0.05) is 34.1 Å². The van der Waals surface area contributed by atoms with Gasteiger partial charge in [-0.3, -0.25) is 29.3 Å². The number of nitro groups is 1. The SMILES string of the molecule is CO[C@@]1(c2ccc([N+](=O)[O-])cc2)OCC2(O1)N1C(=O)C(NC(=O)COc3ccccc3)[C@H]1SC[C@]2(C)Br. The van der Waals surface area contributed by atoms with E-state index in [2.05, 4.69) is 21.2 Å². The monoisotopic (exact) mass is 593 g/mol. The van der Waals surface area contributed by atoms with Crippen LogP contribution in [0.15, 0.2) is 54.6 Å². The van der Waals surface area contributed by atoms with Gasteiger partial charge in [-0.15, -0.1) is 11.8 Å². The molecule has 3 heterocycles. The van der Waals surface area contributed by atoms with Gasteiger partial charge in [-0.2, -0.15) is 0 Å². The Kier molecular flexibility index (Phi) is 6.69. The third-order valence-electron chi connectivity index (χ3n) is 6.66. The van der Waals surface area contributed by atoms with E-state index < -0.39 is 38.3 Å². The second-order valence-corrected chi connectivity index (χ2v) is 11.8. The van der Waals surface area contributed by atoms with Crippen molar-refractivity contribution >= 4 is 45.2 Å². The van der Waals surface area contributed by atoms with Gasteiger partial charge in [-0.05, 0) is 31.2 Å². The third kappa shape index (κ3) is 4.28. The van der Waals surface area contributed by atoms with Gasteiger partial charge in [0.25, 0.3) is 17.5 Å². The second-order valence-electron chi connectivity index (χ2n) is 8.99. The van der Waals surface area contributed by atoms with E-state index in [4.69, 9.17) is 18.9 Å². The van der Waals surface area contributed by atoms with Crippen LogP contribution in [0.5, 0.6) is 5.75 Å². The number of nitro benzene ring substituents is 1. The normalized spacial score (nSPS) is 32.5. The highest BCUT2D eigenvalue weighted by atomic mass is 79.9. The van der Waals surface area contributed by atoms with E-state index in [-0.39, 0.29) is 24.8 Å². The van der Waals surface area contributed by atoms with Crippen LogP contribution < -0.4 is 10.1 Å². The van der Waals surface area contributed by atoms with E-state index in [0.29, 0.717) is 17.1 Å². The minimum absolute atomic E-state index is 0.0276. The number of hydrogen-bond donors (Lipinski definition) is 1. The highest BCUT2D eigenvalue weighted by Gasteiger charge is 2.72. The van der Waals surface area contributed by atoms with Gasteiger partial charge in [0.1, 0.15) is 23.8 Å². The molecule has 0 aliphatic carbocycles. The summed E-state index contributed by atoms with van der Waals surface area (Å²) in [5.41, 5.74) is -0.944. The number of β-lactam (4-membered cyclic amide) rings is 1. The fraction of sp³-hybridized carbons (Fsp3) is 0.417. The molecule has 3 saturated heterocycles. The van der Waals surface area contributed by atoms with E-state index in [1.165, 1.54) is 43.1 Å². The molecule has 5 atom stereocenters. The molecule has 1 N–H and O–H groups in total. The quantitative estimate of drug-likeness (QED) is 0.223. The van der Waals surface area contributed by atoms with Crippen LogP contribution >= 0.6 is 27.7 Å². The Morgan fingerprint density at radius 1 is 1.27 bits per heavy atom. The number of para-hydroxylation sites is 1. The molecular weight excluding hydrogens is 570 g/mol. The first-order valence-electron chi connectivity index (χ1n) is 11.4. The summed E-state index contributed by atoms with van der Waals surface area (Å²) in [7, 11) is 1.40. The smallest absolute Gasteiger partial charge is 0.314 e. The minimum atomic E-state index is -1.69. The van der Waals surface area contributed by atoms with Gasteiger partial charge in [0, 0.05) is 30.6 Å². The molecule has 2 aromatic rings. The molecule has 1 spiro atoms. The highest BCUT2D eigenvalue weighted by molar-refractivity contribution is 9.10. The van der Waals surface area contributed by atoms with Crippen molar-refractivity contribution in [1.29, 1.82) is 0 Å². The predicted molar refractivity (Wildman–Crippen MR) is 136 cm³/mol. The number of alkyl halides is 1. The third-order valence-corrected chi connectivity index (χ3v) is 9.50. The fourth-order valence-corrected chi connectivity index (χ4v) is 6.93. The number of carbonyl (C=O) groups excluding carboxylic acids is 2. The number of nitrogens with one attached hydrogen (secondary N) is 1. The molecule has 0 saturated carbocycles. The zero-order chi connectivity index (χ0) is 26.4. The van der Waals surface area contributed by atoms with Gasteiger partial charge in [-0.25, -0.2) is 0 Å². The second kappa shape index (κ2) is 9.55. The van der Waals surface area contributed by atoms with Gasteiger partial charge >= 0.3 is 5.97 Å². The zero-order valence-corrected chi connectivity index (χ0v) is 22.3. The number of nitrogens with zero attached hydrogens (tertiary/aromatic N) is 2. The Balaban J connectivity index is 1.33. The first kappa shape index (κ1) is 25.9. The molecule has 11 nitrogen and oxygen atoms in total. The number of benzene rings is 2. The molecule has 0 radical (unpaired) electrons. The average Bonchev–Trinajstić information content (AvgIpc) is 3.30. The van der Waals surface area contributed by atoms with Crippen molar-refractivity contribution in [2.24, 2.45) is 0 Å². The lowest BCUT2D eigenvalue weighted by Crippen LogP contribution is -2.82. The predicted octanol–water partition coefficient (Wildman–Crippen LogP) is 2.73. The molecule has 0 bridgehead atoms. The Bertz CT molecular complexity index is 1220. The van der Waals surface area contributed by atoms with Gasteiger partial charge in [0.05, 0.1) is 9.25 Å². The van der Waals surface area contributed by atoms with Gasteiger partial charge < -0.3 is 19.5 Å². The lowest BCUT2D eigenvalue weighted by atomic mass is 9.91. The van der Waals surface area contributed by atoms with Crippen LogP contribution in [0.25, 0.3) is 0 Å². The molecule has 2 aromatic carbocycles. The number of halogens is 1. The molecule has 37 heavy (non-hydrogen) atoms. The Hall–Kier alpha value is -2.71. The lowest BCUT2D eigenvalue weighted by molar-refractivity contribution is -0.385. The summed E-state index contributed by atoms with van der Waals surface area (Å²) in [4.78, 5) is 38.1. The number of hydrogen-bond acceptors (Lipinski definition) is 9. The summed E-state index contributed by atoms with van der Waals surface area (Å²) in [5.74, 6) is -1.33. The molecule has 3 aliphatic heterocycles. The largest absolute Gasteiger partial charge is 0.484 e. The summed E-state index contributed by atoms with van der Waals surface area (Å²) in [6.07, 6.45) is 0. The molecule has 5 rings (SSSR count). The maximum absolute atomic E-state index is 13.4. The number of fused-ring (bicyclic) bond motifs is 2. The number of methoxy groups -OCH3 is 1. The van der Waals surface area contributed by atoms with E-state index in [0.717, 1.165) is 0 Å². The topological polar surface area (TPSA) is 129 Å². The van der Waals surface area contributed by atoms with Crippen LogP contribution in [0, 0.1) is 10.1 Å². The van der Waals surface area contributed by atoms with Gasteiger partial charge in [0.2, 0.25) is 0 Å².